The number of nitrogens with one attached hydrogen (secondary N) is 1. The van der Waals surface area contributed by atoms with E-state index in [0.29, 0.717) is 43.3 Å². The van der Waals surface area contributed by atoms with Crippen LogP contribution in [0.5, 0.6) is 0 Å². The second kappa shape index (κ2) is 9.90. The van der Waals surface area contributed by atoms with Gasteiger partial charge in [0.2, 0.25) is 16.0 Å². The highest BCUT2D eigenvalue weighted by Crippen LogP contribution is 2.43. The predicted molar refractivity (Wildman–Crippen MR) is 132 cm³/mol. The Hall–Kier alpha value is -2.06. The zero-order chi connectivity index (χ0) is 23.7. The first kappa shape index (κ1) is 23.7. The van der Waals surface area contributed by atoms with Gasteiger partial charge in [-0.15, -0.1) is 11.8 Å². The van der Waals surface area contributed by atoms with E-state index in [0.717, 1.165) is 61.1 Å². The van der Waals surface area contributed by atoms with Crippen LogP contribution in [0.2, 0.25) is 0 Å². The number of hydrogen-bond acceptors (Lipinski definition) is 11. The van der Waals surface area contributed by atoms with Gasteiger partial charge in [0.1, 0.15) is 5.82 Å². The largest absolute Gasteiger partial charge is 0.378 e. The fourth-order valence-electron chi connectivity index (χ4n) is 4.49. The molecule has 1 N–H and O–H groups in total. The molecule has 11 nitrogen and oxygen atoms in total. The molecule has 2 aromatic rings. The van der Waals surface area contributed by atoms with Crippen LogP contribution in [0.1, 0.15) is 5.69 Å². The van der Waals surface area contributed by atoms with E-state index in [1.165, 1.54) is 6.26 Å². The molecule has 0 aliphatic carbocycles. The molecule has 3 aliphatic heterocycles. The lowest BCUT2D eigenvalue weighted by Crippen LogP contribution is -2.49. The van der Waals surface area contributed by atoms with Crippen LogP contribution in [0, 0.1) is 0 Å². The summed E-state index contributed by atoms with van der Waals surface area (Å²) in [5, 5.41) is 3.29. The molecule has 0 bridgehead atoms. The smallest absolute Gasteiger partial charge is 0.222 e. The van der Waals surface area contributed by atoms with E-state index >= 15 is 0 Å². The Morgan fingerprint density at radius 1 is 1.09 bits per heavy atom. The summed E-state index contributed by atoms with van der Waals surface area (Å²) in [7, 11) is -1.33. The number of morpholine rings is 1. The van der Waals surface area contributed by atoms with Crippen LogP contribution >= 0.6 is 11.8 Å². The van der Waals surface area contributed by atoms with Crippen LogP contribution in [-0.2, 0) is 21.2 Å². The first-order valence-electron chi connectivity index (χ1n) is 11.5. The minimum atomic E-state index is -3.12. The molecule has 1 unspecified atom stereocenters. The molecule has 13 heteroatoms. The fraction of sp³-hybridized carbons (Fsp3) is 0.619. The van der Waals surface area contributed by atoms with Crippen LogP contribution in [0.3, 0.4) is 0 Å². The minimum absolute atomic E-state index is 0.354. The van der Waals surface area contributed by atoms with Gasteiger partial charge >= 0.3 is 0 Å². The monoisotopic (exact) mass is 506 g/mol. The van der Waals surface area contributed by atoms with E-state index in [9.17, 15) is 8.42 Å². The van der Waals surface area contributed by atoms with Crippen LogP contribution in [-0.4, -0.2) is 115 Å². The van der Waals surface area contributed by atoms with Crippen molar-refractivity contribution in [3.8, 4) is 11.4 Å². The molecule has 5 heterocycles. The highest BCUT2D eigenvalue weighted by atomic mass is 32.2. The van der Waals surface area contributed by atoms with Gasteiger partial charge in [-0.1, -0.05) is 0 Å². The fourth-order valence-corrected chi connectivity index (χ4v) is 6.72. The Morgan fingerprint density at radius 3 is 2.44 bits per heavy atom. The third-order valence-electron chi connectivity index (χ3n) is 6.33. The van der Waals surface area contributed by atoms with Crippen molar-refractivity contribution in [1.82, 2.24) is 29.1 Å². The molecule has 0 saturated carbocycles. The number of sulfonamides is 1. The summed E-state index contributed by atoms with van der Waals surface area (Å²) >= 11 is 1.84. The van der Waals surface area contributed by atoms with Crippen LogP contribution in [0.4, 0.5) is 11.8 Å². The van der Waals surface area contributed by atoms with E-state index < -0.39 is 10.0 Å². The number of thioether (sulfide) groups is 1. The number of ether oxygens (including phenoxy) is 1. The van der Waals surface area contributed by atoms with Gasteiger partial charge in [0.15, 0.2) is 5.82 Å². The molecule has 2 fully saturated rings. The van der Waals surface area contributed by atoms with Crippen LogP contribution in [0.15, 0.2) is 17.3 Å². The maximum absolute atomic E-state index is 11.8. The molecule has 2 saturated heterocycles. The summed E-state index contributed by atoms with van der Waals surface area (Å²) in [6.45, 7) is 6.49. The van der Waals surface area contributed by atoms with Crippen molar-refractivity contribution in [3.05, 3.63) is 18.1 Å². The Labute approximate surface area is 204 Å². The first-order chi connectivity index (χ1) is 16.4. The molecule has 0 amide bonds. The van der Waals surface area contributed by atoms with Gasteiger partial charge < -0.3 is 15.0 Å². The molecule has 1 atom stereocenters. The topological polar surface area (TPSA) is 117 Å². The summed E-state index contributed by atoms with van der Waals surface area (Å²) in [6.07, 6.45) is 5.65. The molecule has 184 valence electrons. The molecular formula is C21H30N8O3S2. The molecule has 3 aliphatic rings. The number of fused-ring (bicyclic) bond motifs is 1. The lowest BCUT2D eigenvalue weighted by atomic mass is 10.2. The average Bonchev–Trinajstić information content (AvgIpc) is 3.26. The third kappa shape index (κ3) is 5.13. The predicted octanol–water partition coefficient (Wildman–Crippen LogP) is 0.406. The molecule has 0 spiro atoms. The lowest BCUT2D eigenvalue weighted by molar-refractivity contribution is 0.122. The quantitative estimate of drug-likeness (QED) is 0.587. The van der Waals surface area contributed by atoms with Gasteiger partial charge in [-0.2, -0.15) is 4.31 Å². The Morgan fingerprint density at radius 2 is 1.79 bits per heavy atom. The van der Waals surface area contributed by atoms with Crippen molar-refractivity contribution < 1.29 is 13.2 Å². The van der Waals surface area contributed by atoms with E-state index in [-0.39, 0.29) is 0 Å². The van der Waals surface area contributed by atoms with Crippen molar-refractivity contribution >= 4 is 33.6 Å². The normalized spacial score (nSPS) is 22.1. The van der Waals surface area contributed by atoms with Gasteiger partial charge in [-0.25, -0.2) is 28.4 Å². The zero-order valence-electron chi connectivity index (χ0n) is 19.5. The minimum Gasteiger partial charge on any atom is -0.378 e. The number of nitrogens with zero attached hydrogens (tertiary/aromatic N) is 7. The number of aromatic nitrogens is 4. The van der Waals surface area contributed by atoms with Crippen molar-refractivity contribution in [3.63, 3.8) is 0 Å². The van der Waals surface area contributed by atoms with E-state index in [1.807, 2.05) is 11.8 Å². The third-order valence-corrected chi connectivity index (χ3v) is 8.94. The molecule has 5 rings (SSSR count). The molecule has 0 aromatic carbocycles. The summed E-state index contributed by atoms with van der Waals surface area (Å²) in [5.74, 6) is 2.17. The van der Waals surface area contributed by atoms with Gasteiger partial charge in [-0.3, -0.25) is 4.90 Å². The second-order valence-electron chi connectivity index (χ2n) is 8.70. The highest BCUT2D eigenvalue weighted by molar-refractivity contribution is 8.00. The maximum Gasteiger partial charge on any atom is 0.222 e. The Bertz CT molecular complexity index is 1120. The number of rotatable bonds is 6. The van der Waals surface area contributed by atoms with Crippen LogP contribution < -0.4 is 10.2 Å². The molecular weight excluding hydrogens is 476 g/mol. The van der Waals surface area contributed by atoms with Gasteiger partial charge in [-0.05, 0) is 0 Å². The number of hydrogen-bond donors (Lipinski definition) is 1. The summed E-state index contributed by atoms with van der Waals surface area (Å²) < 4.78 is 30.8. The Balaban J connectivity index is 1.36. The highest BCUT2D eigenvalue weighted by Gasteiger charge is 2.33. The first-order valence-corrected chi connectivity index (χ1v) is 14.2. The van der Waals surface area contributed by atoms with E-state index in [1.54, 1.807) is 23.7 Å². The summed E-state index contributed by atoms with van der Waals surface area (Å²) in [6, 6.07) is 0. The average molecular weight is 507 g/mol. The van der Waals surface area contributed by atoms with Crippen molar-refractivity contribution in [2.45, 2.75) is 16.6 Å². The maximum atomic E-state index is 11.8. The van der Waals surface area contributed by atoms with Gasteiger partial charge in [0.05, 0.1) is 35.6 Å². The Kier molecular flexibility index (Phi) is 6.89. The molecule has 2 aromatic heterocycles. The number of anilines is 2. The van der Waals surface area contributed by atoms with E-state index in [4.69, 9.17) is 14.7 Å². The van der Waals surface area contributed by atoms with Crippen LogP contribution in [0.25, 0.3) is 11.4 Å². The molecule has 0 radical (unpaired) electrons. The SMILES string of the molecule is CNc1ncc(-c2nc3c(c(N4CCOCC4)n2)SC(CN2CCN(S(C)(=O)=O)CC2)C3)cn1. The summed E-state index contributed by atoms with van der Waals surface area (Å²) in [4.78, 5) is 24.3. The standard InChI is InChI=1S/C21H30N8O3S2/c1-22-21-23-12-15(13-24-21)19-25-17-11-16(14-27-3-5-29(6-4-27)34(2,30)31)33-18(17)20(26-19)28-7-9-32-10-8-28/h12-13,16H,3-11,14H2,1-2H3,(H,22,23,24). The number of piperazine rings is 1. The van der Waals surface area contributed by atoms with Crippen molar-refractivity contribution in [1.29, 1.82) is 0 Å². The van der Waals surface area contributed by atoms with Crippen molar-refractivity contribution in [2.24, 2.45) is 0 Å². The van der Waals surface area contributed by atoms with E-state index in [2.05, 4.69) is 25.1 Å². The lowest BCUT2D eigenvalue weighted by Gasteiger charge is -2.34. The van der Waals surface area contributed by atoms with Gasteiger partial charge in [0, 0.05) is 76.9 Å². The summed E-state index contributed by atoms with van der Waals surface area (Å²) in [5.41, 5.74) is 1.86. The van der Waals surface area contributed by atoms with Crippen molar-refractivity contribution in [2.75, 3.05) is 82.5 Å². The second-order valence-corrected chi connectivity index (χ2v) is 12.0. The molecule has 34 heavy (non-hydrogen) atoms. The van der Waals surface area contributed by atoms with Gasteiger partial charge in [0.25, 0.3) is 0 Å². The zero-order valence-corrected chi connectivity index (χ0v) is 21.1.